The van der Waals surface area contributed by atoms with E-state index >= 15 is 0 Å². The lowest BCUT2D eigenvalue weighted by atomic mass is 9.70. The highest BCUT2D eigenvalue weighted by Gasteiger charge is 2.30. The zero-order chi connectivity index (χ0) is 17.0. The Morgan fingerprint density at radius 1 is 0.833 bits per heavy atom. The van der Waals surface area contributed by atoms with E-state index in [1.54, 1.807) is 0 Å². The van der Waals surface area contributed by atoms with E-state index in [9.17, 15) is 0 Å². The van der Waals surface area contributed by atoms with Crippen LogP contribution in [0.15, 0.2) is 12.7 Å². The minimum atomic E-state index is 0.582. The Bertz CT molecular complexity index is 308. The number of allylic oxidation sites excluding steroid dienone is 1. The van der Waals surface area contributed by atoms with E-state index in [-0.39, 0.29) is 0 Å². The first-order chi connectivity index (χ1) is 11.8. The Morgan fingerprint density at radius 2 is 1.50 bits per heavy atom. The van der Waals surface area contributed by atoms with Gasteiger partial charge in [-0.2, -0.15) is 0 Å². The molecule has 2 aliphatic carbocycles. The van der Waals surface area contributed by atoms with E-state index in [4.69, 9.17) is 4.74 Å². The highest BCUT2D eigenvalue weighted by Crippen LogP contribution is 2.41. The van der Waals surface area contributed by atoms with Gasteiger partial charge < -0.3 is 4.74 Å². The molecule has 0 aromatic carbocycles. The molecule has 0 amide bonds. The molecule has 0 N–H and O–H groups in total. The third-order valence-electron chi connectivity index (χ3n) is 6.65. The van der Waals surface area contributed by atoms with Gasteiger partial charge in [0.15, 0.2) is 0 Å². The van der Waals surface area contributed by atoms with Crippen LogP contribution in [0.25, 0.3) is 0 Å². The smallest absolute Gasteiger partial charge is 0.0575 e. The molecule has 2 saturated carbocycles. The van der Waals surface area contributed by atoms with Crippen LogP contribution in [0.4, 0.5) is 0 Å². The van der Waals surface area contributed by atoms with Gasteiger partial charge in [0.05, 0.1) is 6.10 Å². The van der Waals surface area contributed by atoms with Crippen LogP contribution in [-0.2, 0) is 4.74 Å². The second-order valence-electron chi connectivity index (χ2n) is 8.47. The van der Waals surface area contributed by atoms with Gasteiger partial charge in [0.1, 0.15) is 0 Å². The summed E-state index contributed by atoms with van der Waals surface area (Å²) in [6.07, 6.45) is 23.5. The van der Waals surface area contributed by atoms with Crippen molar-refractivity contribution in [3.63, 3.8) is 0 Å². The quantitative estimate of drug-likeness (QED) is 0.284. The number of rotatable bonds is 11. The number of hydrogen-bond acceptors (Lipinski definition) is 1. The summed E-state index contributed by atoms with van der Waals surface area (Å²) in [6, 6.07) is 0. The van der Waals surface area contributed by atoms with E-state index in [2.05, 4.69) is 19.6 Å². The van der Waals surface area contributed by atoms with Crippen LogP contribution in [-0.4, -0.2) is 12.7 Å². The zero-order valence-electron chi connectivity index (χ0n) is 16.3. The predicted octanol–water partition coefficient (Wildman–Crippen LogP) is 7.30. The van der Waals surface area contributed by atoms with E-state index in [0.29, 0.717) is 6.10 Å². The van der Waals surface area contributed by atoms with Crippen LogP contribution in [0.5, 0.6) is 0 Å². The lowest BCUT2D eigenvalue weighted by Crippen LogP contribution is -2.28. The first-order valence-corrected chi connectivity index (χ1v) is 11.1. The Hall–Kier alpha value is -0.300. The maximum atomic E-state index is 6.13. The summed E-state index contributed by atoms with van der Waals surface area (Å²) in [5.41, 5.74) is 0. The molecule has 24 heavy (non-hydrogen) atoms. The average molecular weight is 335 g/mol. The van der Waals surface area contributed by atoms with Gasteiger partial charge in [-0.05, 0) is 75.5 Å². The molecule has 0 aromatic rings. The van der Waals surface area contributed by atoms with Crippen molar-refractivity contribution in [2.75, 3.05) is 6.61 Å². The minimum absolute atomic E-state index is 0.582. The maximum absolute atomic E-state index is 6.13. The third-order valence-corrected chi connectivity index (χ3v) is 6.65. The van der Waals surface area contributed by atoms with Crippen LogP contribution in [0.1, 0.15) is 103 Å². The molecule has 2 rings (SSSR count). The predicted molar refractivity (Wildman–Crippen MR) is 105 cm³/mol. The van der Waals surface area contributed by atoms with Gasteiger partial charge >= 0.3 is 0 Å². The molecule has 0 heterocycles. The van der Waals surface area contributed by atoms with Crippen molar-refractivity contribution in [3.05, 3.63) is 12.7 Å². The first kappa shape index (κ1) is 20.0. The van der Waals surface area contributed by atoms with E-state index in [1.807, 2.05) is 0 Å². The van der Waals surface area contributed by atoms with E-state index in [0.717, 1.165) is 24.4 Å². The molecular formula is C23H42O. The Labute approximate surface area is 151 Å². The Morgan fingerprint density at radius 3 is 2.12 bits per heavy atom. The molecule has 0 spiro atoms. The molecule has 1 heteroatoms. The molecule has 2 fully saturated rings. The second-order valence-corrected chi connectivity index (χ2v) is 8.47. The van der Waals surface area contributed by atoms with Crippen LogP contribution in [0, 0.1) is 17.8 Å². The first-order valence-electron chi connectivity index (χ1n) is 11.1. The van der Waals surface area contributed by atoms with Gasteiger partial charge in [0.2, 0.25) is 0 Å². The van der Waals surface area contributed by atoms with Crippen molar-refractivity contribution in [1.82, 2.24) is 0 Å². The summed E-state index contributed by atoms with van der Waals surface area (Å²) < 4.78 is 6.13. The summed E-state index contributed by atoms with van der Waals surface area (Å²) in [7, 11) is 0. The van der Waals surface area contributed by atoms with Gasteiger partial charge in [-0.15, -0.1) is 6.58 Å². The van der Waals surface area contributed by atoms with Gasteiger partial charge in [0, 0.05) is 6.61 Å². The largest absolute Gasteiger partial charge is 0.378 e. The molecule has 0 aliphatic heterocycles. The van der Waals surface area contributed by atoms with Crippen LogP contribution in [0.2, 0.25) is 0 Å². The highest BCUT2D eigenvalue weighted by atomic mass is 16.5. The van der Waals surface area contributed by atoms with Gasteiger partial charge in [0.25, 0.3) is 0 Å². The minimum Gasteiger partial charge on any atom is -0.378 e. The Kier molecular flexibility index (Phi) is 10.1. The van der Waals surface area contributed by atoms with Crippen molar-refractivity contribution in [2.45, 2.75) is 109 Å². The summed E-state index contributed by atoms with van der Waals surface area (Å²) in [5, 5.41) is 0. The summed E-state index contributed by atoms with van der Waals surface area (Å²) >= 11 is 0. The zero-order valence-corrected chi connectivity index (χ0v) is 16.3. The topological polar surface area (TPSA) is 9.23 Å². The van der Waals surface area contributed by atoms with Crippen molar-refractivity contribution < 1.29 is 4.74 Å². The molecule has 2 aliphatic rings. The molecule has 140 valence electrons. The van der Waals surface area contributed by atoms with Crippen molar-refractivity contribution in [2.24, 2.45) is 17.8 Å². The lowest BCUT2D eigenvalue weighted by molar-refractivity contribution is 0.00530. The van der Waals surface area contributed by atoms with Crippen LogP contribution < -0.4 is 0 Å². The molecule has 0 bridgehead atoms. The van der Waals surface area contributed by atoms with Gasteiger partial charge in [-0.3, -0.25) is 0 Å². The second kappa shape index (κ2) is 12.1. The fraction of sp³-hybridized carbons (Fsp3) is 0.913. The molecule has 0 atom stereocenters. The van der Waals surface area contributed by atoms with Crippen molar-refractivity contribution in [3.8, 4) is 0 Å². The van der Waals surface area contributed by atoms with Gasteiger partial charge in [-0.1, -0.05) is 51.5 Å². The molecule has 0 aromatic heterocycles. The number of unbranched alkanes of at least 4 members (excludes halogenated alkanes) is 4. The molecule has 0 saturated heterocycles. The Balaban J connectivity index is 1.54. The van der Waals surface area contributed by atoms with Crippen LogP contribution >= 0.6 is 0 Å². The SMILES string of the molecule is C=CCCCC1CCC(C2CCC(OCCCCCC)CC2)CC1. The lowest BCUT2D eigenvalue weighted by Gasteiger charge is -2.38. The van der Waals surface area contributed by atoms with Crippen molar-refractivity contribution in [1.29, 1.82) is 0 Å². The number of ether oxygens (including phenoxy) is 1. The van der Waals surface area contributed by atoms with Crippen LogP contribution in [0.3, 0.4) is 0 Å². The van der Waals surface area contributed by atoms with Gasteiger partial charge in [-0.25, -0.2) is 0 Å². The number of hydrogen-bond donors (Lipinski definition) is 0. The maximum Gasteiger partial charge on any atom is 0.0575 e. The summed E-state index contributed by atoms with van der Waals surface area (Å²) in [4.78, 5) is 0. The third kappa shape index (κ3) is 7.30. The fourth-order valence-electron chi connectivity index (χ4n) is 5.00. The highest BCUT2D eigenvalue weighted by molar-refractivity contribution is 4.82. The van der Waals surface area contributed by atoms with Crippen molar-refractivity contribution >= 4 is 0 Å². The summed E-state index contributed by atoms with van der Waals surface area (Å²) in [6.45, 7) is 7.12. The van der Waals surface area contributed by atoms with E-state index < -0.39 is 0 Å². The normalized spacial score (nSPS) is 31.0. The summed E-state index contributed by atoms with van der Waals surface area (Å²) in [5.74, 6) is 3.06. The molecule has 0 radical (unpaired) electrons. The average Bonchev–Trinajstić information content (AvgIpc) is 2.63. The molecule has 1 nitrogen and oxygen atoms in total. The molecular weight excluding hydrogens is 292 g/mol. The standard InChI is InChI=1S/C23H42O/c1-3-5-7-9-19-24-23-17-15-22(16-18-23)21-13-11-20(12-14-21)10-8-6-4-2/h4,20-23H,2-3,5-19H2,1H3. The van der Waals surface area contributed by atoms with E-state index in [1.165, 1.54) is 96.3 Å². The monoisotopic (exact) mass is 334 g/mol. The molecule has 0 unspecified atom stereocenters. The fourth-order valence-corrected chi connectivity index (χ4v) is 5.00.